The summed E-state index contributed by atoms with van der Waals surface area (Å²) >= 11 is 1.87. The van der Waals surface area contributed by atoms with Gasteiger partial charge in [0.25, 0.3) is 5.91 Å². The smallest absolute Gasteiger partial charge is 0.255 e. The van der Waals surface area contributed by atoms with Crippen LogP contribution in [0.5, 0.6) is 5.75 Å². The molecule has 2 aliphatic heterocycles. The molecule has 0 unspecified atom stereocenters. The SMILES string of the molecule is CCCC(=O)N1CCC2(CC1)SCCN2C(=O)c1ccc(OC)cc1. The summed E-state index contributed by atoms with van der Waals surface area (Å²) in [5.41, 5.74) is 0.701. The summed E-state index contributed by atoms with van der Waals surface area (Å²) in [5, 5.41) is 0. The summed E-state index contributed by atoms with van der Waals surface area (Å²) in [6, 6.07) is 7.32. The fraction of sp³-hybridized carbons (Fsp3) is 0.579. The standard InChI is InChI=1S/C19H26N2O3S/c1-3-4-17(22)20-11-9-19(10-12-20)21(13-14-25-19)18(23)15-5-7-16(24-2)8-6-15/h5-8H,3-4,9-14H2,1-2H3. The van der Waals surface area contributed by atoms with Crippen LogP contribution in [0.3, 0.4) is 0 Å². The number of carbonyl (C=O) groups is 2. The Hall–Kier alpha value is -1.69. The third-order valence-corrected chi connectivity index (χ3v) is 6.67. The third kappa shape index (κ3) is 3.64. The van der Waals surface area contributed by atoms with Crippen molar-refractivity contribution in [3.05, 3.63) is 29.8 Å². The Bertz CT molecular complexity index is 624. The molecule has 1 aromatic rings. The molecule has 25 heavy (non-hydrogen) atoms. The highest BCUT2D eigenvalue weighted by molar-refractivity contribution is 8.00. The number of likely N-dealkylation sites (tertiary alicyclic amines) is 1. The molecule has 0 saturated carbocycles. The Balaban J connectivity index is 1.70. The predicted octanol–water partition coefficient (Wildman–Crippen LogP) is 3.00. The van der Waals surface area contributed by atoms with Gasteiger partial charge in [-0.1, -0.05) is 6.92 Å². The van der Waals surface area contributed by atoms with Gasteiger partial charge in [0.1, 0.15) is 5.75 Å². The number of benzene rings is 1. The Morgan fingerprint density at radius 3 is 2.44 bits per heavy atom. The van der Waals surface area contributed by atoms with Crippen molar-refractivity contribution in [2.75, 3.05) is 32.5 Å². The second kappa shape index (κ2) is 7.68. The Kier molecular flexibility index (Phi) is 5.57. The number of piperidine rings is 1. The number of hydrogen-bond acceptors (Lipinski definition) is 4. The second-order valence-corrected chi connectivity index (χ2v) is 8.07. The van der Waals surface area contributed by atoms with Gasteiger partial charge in [0.05, 0.1) is 12.0 Å². The lowest BCUT2D eigenvalue weighted by Crippen LogP contribution is -2.53. The summed E-state index contributed by atoms with van der Waals surface area (Å²) in [7, 11) is 1.62. The van der Waals surface area contributed by atoms with Crippen LogP contribution < -0.4 is 4.74 Å². The molecule has 2 fully saturated rings. The zero-order chi connectivity index (χ0) is 17.9. The number of rotatable bonds is 4. The first-order valence-corrected chi connectivity index (χ1v) is 9.96. The van der Waals surface area contributed by atoms with E-state index in [9.17, 15) is 9.59 Å². The lowest BCUT2D eigenvalue weighted by Gasteiger charge is -2.44. The summed E-state index contributed by atoms with van der Waals surface area (Å²) in [6.45, 7) is 4.31. The largest absolute Gasteiger partial charge is 0.497 e. The van der Waals surface area contributed by atoms with Crippen LogP contribution in [0.1, 0.15) is 43.0 Å². The maximum atomic E-state index is 13.0. The van der Waals surface area contributed by atoms with Crippen LogP contribution in [0.4, 0.5) is 0 Å². The van der Waals surface area contributed by atoms with Crippen LogP contribution in [-0.4, -0.2) is 59.0 Å². The third-order valence-electron chi connectivity index (χ3n) is 5.12. The van der Waals surface area contributed by atoms with E-state index in [0.717, 1.165) is 50.4 Å². The normalized spacial score (nSPS) is 19.3. The van der Waals surface area contributed by atoms with E-state index in [-0.39, 0.29) is 16.7 Å². The van der Waals surface area contributed by atoms with Gasteiger partial charge in [-0.25, -0.2) is 0 Å². The molecular formula is C19H26N2O3S. The number of ether oxygens (including phenoxy) is 1. The van der Waals surface area contributed by atoms with Crippen LogP contribution >= 0.6 is 11.8 Å². The zero-order valence-electron chi connectivity index (χ0n) is 15.0. The van der Waals surface area contributed by atoms with Gasteiger partial charge < -0.3 is 14.5 Å². The number of thioether (sulfide) groups is 1. The monoisotopic (exact) mass is 362 g/mol. The maximum Gasteiger partial charge on any atom is 0.255 e. The Morgan fingerprint density at radius 1 is 1.16 bits per heavy atom. The first-order valence-electron chi connectivity index (χ1n) is 8.97. The van der Waals surface area contributed by atoms with Crippen molar-refractivity contribution in [2.24, 2.45) is 0 Å². The van der Waals surface area contributed by atoms with E-state index >= 15 is 0 Å². The molecule has 0 bridgehead atoms. The maximum absolute atomic E-state index is 13.0. The number of hydrogen-bond donors (Lipinski definition) is 0. The highest BCUT2D eigenvalue weighted by atomic mass is 32.2. The van der Waals surface area contributed by atoms with Crippen molar-refractivity contribution in [1.82, 2.24) is 9.80 Å². The molecule has 0 N–H and O–H groups in total. The first kappa shape index (κ1) is 18.1. The Morgan fingerprint density at radius 2 is 1.84 bits per heavy atom. The molecule has 0 radical (unpaired) electrons. The summed E-state index contributed by atoms with van der Waals surface area (Å²) in [4.78, 5) is 29.0. The second-order valence-electron chi connectivity index (χ2n) is 6.61. The van der Waals surface area contributed by atoms with Crippen LogP contribution in [0.15, 0.2) is 24.3 Å². The average molecular weight is 362 g/mol. The van der Waals surface area contributed by atoms with Crippen molar-refractivity contribution >= 4 is 23.6 Å². The molecule has 2 saturated heterocycles. The van der Waals surface area contributed by atoms with Crippen LogP contribution in [0.2, 0.25) is 0 Å². The van der Waals surface area contributed by atoms with Gasteiger partial charge in [-0.2, -0.15) is 0 Å². The lowest BCUT2D eigenvalue weighted by molar-refractivity contribution is -0.132. The number of amides is 2. The van der Waals surface area contributed by atoms with Gasteiger partial charge in [-0.3, -0.25) is 9.59 Å². The van der Waals surface area contributed by atoms with E-state index in [1.807, 2.05) is 52.8 Å². The molecule has 1 spiro atoms. The minimum Gasteiger partial charge on any atom is -0.497 e. The fourth-order valence-corrected chi connectivity index (χ4v) is 5.13. The predicted molar refractivity (Wildman–Crippen MR) is 99.9 cm³/mol. The molecule has 2 aliphatic rings. The van der Waals surface area contributed by atoms with E-state index in [2.05, 4.69) is 0 Å². The number of methoxy groups -OCH3 is 1. The van der Waals surface area contributed by atoms with E-state index in [0.29, 0.717) is 12.0 Å². The molecule has 0 aliphatic carbocycles. The minimum atomic E-state index is -0.153. The van der Waals surface area contributed by atoms with Gasteiger partial charge >= 0.3 is 0 Å². The average Bonchev–Trinajstić information content (AvgIpc) is 3.05. The van der Waals surface area contributed by atoms with Crippen molar-refractivity contribution in [1.29, 1.82) is 0 Å². The molecule has 0 atom stereocenters. The van der Waals surface area contributed by atoms with Crippen LogP contribution in [-0.2, 0) is 4.79 Å². The molecule has 0 aromatic heterocycles. The summed E-state index contributed by atoms with van der Waals surface area (Å²) in [5.74, 6) is 2.05. The molecule has 3 rings (SSSR count). The van der Waals surface area contributed by atoms with Gasteiger partial charge in [0.15, 0.2) is 0 Å². The summed E-state index contributed by atoms with van der Waals surface area (Å²) < 4.78 is 5.17. The molecule has 5 nitrogen and oxygen atoms in total. The van der Waals surface area contributed by atoms with Gasteiger partial charge in [0, 0.05) is 37.4 Å². The van der Waals surface area contributed by atoms with E-state index in [4.69, 9.17) is 4.74 Å². The van der Waals surface area contributed by atoms with E-state index in [1.54, 1.807) is 7.11 Å². The fourth-order valence-electron chi connectivity index (χ4n) is 3.68. The van der Waals surface area contributed by atoms with Gasteiger partial charge in [0.2, 0.25) is 5.91 Å². The van der Waals surface area contributed by atoms with Gasteiger partial charge in [-0.15, -0.1) is 11.8 Å². The molecule has 136 valence electrons. The summed E-state index contributed by atoms with van der Waals surface area (Å²) in [6.07, 6.45) is 3.22. The molecule has 1 aromatic carbocycles. The van der Waals surface area contributed by atoms with Crippen molar-refractivity contribution < 1.29 is 14.3 Å². The quantitative estimate of drug-likeness (QED) is 0.826. The molecule has 6 heteroatoms. The highest BCUT2D eigenvalue weighted by Crippen LogP contribution is 2.44. The zero-order valence-corrected chi connectivity index (χ0v) is 15.8. The van der Waals surface area contributed by atoms with E-state index < -0.39 is 0 Å². The number of nitrogens with zero attached hydrogens (tertiary/aromatic N) is 2. The van der Waals surface area contributed by atoms with Crippen LogP contribution in [0, 0.1) is 0 Å². The highest BCUT2D eigenvalue weighted by Gasteiger charge is 2.46. The Labute approximate surface area is 153 Å². The molecular weight excluding hydrogens is 336 g/mol. The van der Waals surface area contributed by atoms with Crippen molar-refractivity contribution in [3.63, 3.8) is 0 Å². The topological polar surface area (TPSA) is 49.9 Å². The van der Waals surface area contributed by atoms with Gasteiger partial charge in [-0.05, 0) is 43.5 Å². The van der Waals surface area contributed by atoms with E-state index in [1.165, 1.54) is 0 Å². The van der Waals surface area contributed by atoms with Crippen molar-refractivity contribution in [2.45, 2.75) is 37.5 Å². The van der Waals surface area contributed by atoms with Crippen LogP contribution in [0.25, 0.3) is 0 Å². The molecule has 2 heterocycles. The molecule has 2 amide bonds. The van der Waals surface area contributed by atoms with Crippen molar-refractivity contribution in [3.8, 4) is 5.75 Å². The minimum absolute atomic E-state index is 0.0842. The first-order chi connectivity index (χ1) is 12.1. The lowest BCUT2D eigenvalue weighted by atomic mass is 10.0. The number of carbonyl (C=O) groups excluding carboxylic acids is 2.